The van der Waals surface area contributed by atoms with Crippen molar-refractivity contribution in [3.8, 4) is 0 Å². The molecule has 0 saturated carbocycles. The maximum atomic E-state index is 10.5. The molecule has 0 aromatic heterocycles. The lowest BCUT2D eigenvalue weighted by Gasteiger charge is -2.21. The first-order valence-corrected chi connectivity index (χ1v) is 7.38. The van der Waals surface area contributed by atoms with Crippen LogP contribution in [0.1, 0.15) is 6.42 Å². The van der Waals surface area contributed by atoms with Crippen molar-refractivity contribution in [2.24, 2.45) is 4.99 Å². The van der Waals surface area contributed by atoms with E-state index in [0.717, 1.165) is 17.3 Å². The van der Waals surface area contributed by atoms with E-state index in [-0.39, 0.29) is 12.2 Å². The van der Waals surface area contributed by atoms with Crippen LogP contribution in [0.15, 0.2) is 4.99 Å². The summed E-state index contributed by atoms with van der Waals surface area (Å²) in [4.78, 5) is 4.16. The van der Waals surface area contributed by atoms with Crippen LogP contribution in [0.3, 0.4) is 0 Å². The second-order valence-electron chi connectivity index (χ2n) is 2.89. The summed E-state index contributed by atoms with van der Waals surface area (Å²) in [7, 11) is -3.95. The van der Waals surface area contributed by atoms with Crippen molar-refractivity contribution in [2.75, 3.05) is 18.1 Å². The second kappa shape index (κ2) is 4.65. The molecule has 0 spiro atoms. The Labute approximate surface area is 98.5 Å². The molecule has 0 aliphatic carbocycles. The van der Waals surface area contributed by atoms with Gasteiger partial charge in [0, 0.05) is 12.3 Å². The standard InChI is InChI=1S/C6H11NO3S4/c8-14(9,10)4-1-6(11,12)5-7-2-3-13-5/h11-12H,1-4H2,(H,8,9,10). The van der Waals surface area contributed by atoms with Crippen LogP contribution in [0, 0.1) is 0 Å². The molecular formula is C6H11NO3S4. The minimum Gasteiger partial charge on any atom is -0.286 e. The van der Waals surface area contributed by atoms with Gasteiger partial charge in [0.1, 0.15) is 4.08 Å². The molecule has 0 unspecified atom stereocenters. The zero-order chi connectivity index (χ0) is 10.8. The van der Waals surface area contributed by atoms with Crippen LogP contribution in [-0.2, 0) is 10.1 Å². The lowest BCUT2D eigenvalue weighted by atomic mass is 10.3. The Bertz CT molecular complexity index is 335. The average molecular weight is 273 g/mol. The van der Waals surface area contributed by atoms with E-state index in [4.69, 9.17) is 4.55 Å². The molecule has 0 amide bonds. The number of aliphatic imine (C=N–C) groups is 1. The summed E-state index contributed by atoms with van der Waals surface area (Å²) in [6, 6.07) is 0. The predicted octanol–water partition coefficient (Wildman–Crippen LogP) is 0.966. The van der Waals surface area contributed by atoms with Crippen LogP contribution >= 0.6 is 37.0 Å². The topological polar surface area (TPSA) is 66.7 Å². The summed E-state index contributed by atoms with van der Waals surface area (Å²) in [6.45, 7) is 0.717. The summed E-state index contributed by atoms with van der Waals surface area (Å²) in [6.07, 6.45) is 0.143. The second-order valence-corrected chi connectivity index (χ2v) is 7.42. The zero-order valence-electron chi connectivity index (χ0n) is 7.25. The summed E-state index contributed by atoms with van der Waals surface area (Å²) in [5, 5.41) is 0.729. The molecule has 82 valence electrons. The van der Waals surface area contributed by atoms with Gasteiger partial charge in [-0.3, -0.25) is 9.55 Å². The Kier molecular flexibility index (Phi) is 4.22. The maximum absolute atomic E-state index is 10.5. The van der Waals surface area contributed by atoms with Crippen LogP contribution in [0.5, 0.6) is 0 Å². The van der Waals surface area contributed by atoms with Gasteiger partial charge in [-0.1, -0.05) is 0 Å². The van der Waals surface area contributed by atoms with E-state index in [0.29, 0.717) is 0 Å². The number of thioether (sulfide) groups is 1. The molecule has 1 heterocycles. The highest BCUT2D eigenvalue weighted by Gasteiger charge is 2.31. The molecular weight excluding hydrogens is 262 g/mol. The average Bonchev–Trinajstić information content (AvgIpc) is 2.52. The highest BCUT2D eigenvalue weighted by Crippen LogP contribution is 2.34. The lowest BCUT2D eigenvalue weighted by molar-refractivity contribution is 0.481. The largest absolute Gasteiger partial charge is 0.286 e. The van der Waals surface area contributed by atoms with E-state index in [9.17, 15) is 8.42 Å². The van der Waals surface area contributed by atoms with Crippen molar-refractivity contribution >= 4 is 52.2 Å². The normalized spacial score (nSPS) is 18.4. The van der Waals surface area contributed by atoms with Gasteiger partial charge in [0.05, 0.1) is 10.8 Å². The minimum atomic E-state index is -3.95. The van der Waals surface area contributed by atoms with E-state index in [2.05, 4.69) is 30.2 Å². The molecule has 0 saturated heterocycles. The van der Waals surface area contributed by atoms with Crippen molar-refractivity contribution in [1.82, 2.24) is 0 Å². The summed E-state index contributed by atoms with van der Waals surface area (Å²) >= 11 is 9.98. The first-order chi connectivity index (χ1) is 6.31. The van der Waals surface area contributed by atoms with Crippen molar-refractivity contribution in [2.45, 2.75) is 10.5 Å². The van der Waals surface area contributed by atoms with Gasteiger partial charge >= 0.3 is 0 Å². The quantitative estimate of drug-likeness (QED) is 0.405. The molecule has 1 rings (SSSR count). The SMILES string of the molecule is O=S(=O)(O)CCC(S)(S)C1=NCCS1. The van der Waals surface area contributed by atoms with Gasteiger partial charge in [-0.25, -0.2) is 0 Å². The number of hydrogen-bond acceptors (Lipinski definition) is 6. The summed E-state index contributed by atoms with van der Waals surface area (Å²) < 4.78 is 28.8. The molecule has 0 atom stereocenters. The predicted molar refractivity (Wildman–Crippen MR) is 66.5 cm³/mol. The number of hydrogen-bond donors (Lipinski definition) is 3. The van der Waals surface area contributed by atoms with Gasteiger partial charge in [0.15, 0.2) is 0 Å². The first kappa shape index (κ1) is 12.7. The van der Waals surface area contributed by atoms with Gasteiger partial charge in [-0.15, -0.1) is 11.8 Å². The molecule has 1 aliphatic rings. The molecule has 0 aromatic carbocycles. The molecule has 0 bridgehead atoms. The van der Waals surface area contributed by atoms with Crippen LogP contribution in [0.4, 0.5) is 0 Å². The molecule has 1 N–H and O–H groups in total. The molecule has 0 aromatic rings. The monoisotopic (exact) mass is 273 g/mol. The van der Waals surface area contributed by atoms with Crippen LogP contribution in [0.25, 0.3) is 0 Å². The van der Waals surface area contributed by atoms with E-state index in [1.165, 1.54) is 11.8 Å². The molecule has 1 aliphatic heterocycles. The van der Waals surface area contributed by atoms with Crippen molar-refractivity contribution < 1.29 is 13.0 Å². The Morgan fingerprint density at radius 1 is 1.57 bits per heavy atom. The highest BCUT2D eigenvalue weighted by molar-refractivity contribution is 8.18. The van der Waals surface area contributed by atoms with Crippen molar-refractivity contribution in [3.05, 3.63) is 0 Å². The Balaban J connectivity index is 2.58. The third kappa shape index (κ3) is 4.01. The maximum Gasteiger partial charge on any atom is 0.264 e. The van der Waals surface area contributed by atoms with Gasteiger partial charge in [0.25, 0.3) is 10.1 Å². The molecule has 8 heteroatoms. The van der Waals surface area contributed by atoms with Crippen LogP contribution < -0.4 is 0 Å². The third-order valence-corrected chi connectivity index (χ3v) is 4.67. The Morgan fingerprint density at radius 3 is 2.64 bits per heavy atom. The molecule has 0 radical (unpaired) electrons. The fourth-order valence-electron chi connectivity index (χ4n) is 0.956. The Morgan fingerprint density at radius 2 is 2.21 bits per heavy atom. The molecule has 14 heavy (non-hydrogen) atoms. The third-order valence-electron chi connectivity index (χ3n) is 1.64. The van der Waals surface area contributed by atoms with Crippen molar-refractivity contribution in [3.63, 3.8) is 0 Å². The first-order valence-electron chi connectivity index (χ1n) is 3.89. The van der Waals surface area contributed by atoms with E-state index < -0.39 is 14.2 Å². The van der Waals surface area contributed by atoms with E-state index in [1.54, 1.807) is 0 Å². The van der Waals surface area contributed by atoms with Crippen LogP contribution in [-0.4, -0.2) is 40.1 Å². The lowest BCUT2D eigenvalue weighted by Crippen LogP contribution is -2.26. The van der Waals surface area contributed by atoms with Crippen LogP contribution in [0.2, 0.25) is 0 Å². The Hall–Kier alpha value is 0.630. The minimum absolute atomic E-state index is 0.143. The highest BCUT2D eigenvalue weighted by atomic mass is 32.2. The van der Waals surface area contributed by atoms with Gasteiger partial charge < -0.3 is 0 Å². The zero-order valence-corrected chi connectivity index (χ0v) is 10.7. The van der Waals surface area contributed by atoms with E-state index >= 15 is 0 Å². The fraction of sp³-hybridized carbons (Fsp3) is 0.833. The van der Waals surface area contributed by atoms with Crippen molar-refractivity contribution in [1.29, 1.82) is 0 Å². The van der Waals surface area contributed by atoms with Gasteiger partial charge in [-0.05, 0) is 6.42 Å². The number of thiol groups is 2. The molecule has 4 nitrogen and oxygen atoms in total. The fourth-order valence-corrected chi connectivity index (χ4v) is 3.47. The van der Waals surface area contributed by atoms with Gasteiger partial charge in [0.2, 0.25) is 0 Å². The summed E-state index contributed by atoms with van der Waals surface area (Å²) in [5.74, 6) is 0.531. The number of nitrogens with zero attached hydrogens (tertiary/aromatic N) is 1. The number of rotatable bonds is 4. The smallest absolute Gasteiger partial charge is 0.264 e. The van der Waals surface area contributed by atoms with Gasteiger partial charge in [-0.2, -0.15) is 33.7 Å². The molecule has 0 fully saturated rings. The summed E-state index contributed by atoms with van der Waals surface area (Å²) in [5.41, 5.74) is 0. The van der Waals surface area contributed by atoms with E-state index in [1.807, 2.05) is 0 Å².